The molecule has 1 N–H and O–H groups in total. The quantitative estimate of drug-likeness (QED) is 0.323. The first-order valence-corrected chi connectivity index (χ1v) is 10.2. The third-order valence-corrected chi connectivity index (χ3v) is 5.63. The van der Waals surface area contributed by atoms with Gasteiger partial charge in [0.15, 0.2) is 11.6 Å². The van der Waals surface area contributed by atoms with E-state index in [9.17, 15) is 9.18 Å². The molecule has 0 unspecified atom stereocenters. The van der Waals surface area contributed by atoms with Crippen LogP contribution in [0.1, 0.15) is 35.9 Å². The number of carbonyl (C=O) groups is 1. The van der Waals surface area contributed by atoms with Gasteiger partial charge in [0, 0.05) is 34.6 Å². The van der Waals surface area contributed by atoms with Gasteiger partial charge in [-0.15, -0.1) is 0 Å². The number of nitrogens with one attached hydrogen (secondary N) is 1. The highest BCUT2D eigenvalue weighted by atomic mass is 35.5. The number of anilines is 2. The smallest absolute Gasteiger partial charge is 0.159 e. The number of pyridine rings is 1. The van der Waals surface area contributed by atoms with Crippen molar-refractivity contribution in [2.45, 2.75) is 26.2 Å². The first kappa shape index (κ1) is 18.9. The highest BCUT2D eigenvalue weighted by molar-refractivity contribution is 6.31. The average Bonchev–Trinajstić information content (AvgIpc) is 3.54. The van der Waals surface area contributed by atoms with Crippen molar-refractivity contribution in [1.82, 2.24) is 15.0 Å². The second-order valence-electron chi connectivity index (χ2n) is 7.70. The molecule has 2 aromatic heterocycles. The summed E-state index contributed by atoms with van der Waals surface area (Å²) in [7, 11) is 0. The zero-order chi connectivity index (χ0) is 20.8. The van der Waals surface area contributed by atoms with Crippen LogP contribution in [0.5, 0.6) is 0 Å². The highest BCUT2D eigenvalue weighted by Crippen LogP contribution is 2.34. The Morgan fingerprint density at radius 1 is 1.17 bits per heavy atom. The molecule has 0 bridgehead atoms. The van der Waals surface area contributed by atoms with Gasteiger partial charge >= 0.3 is 0 Å². The van der Waals surface area contributed by atoms with Crippen LogP contribution in [0, 0.1) is 11.7 Å². The second-order valence-corrected chi connectivity index (χ2v) is 8.11. The molecule has 1 saturated carbocycles. The van der Waals surface area contributed by atoms with Crippen molar-refractivity contribution >= 4 is 50.7 Å². The topological polar surface area (TPSA) is 67.8 Å². The zero-order valence-electron chi connectivity index (χ0n) is 16.2. The Hall–Kier alpha value is -3.12. The van der Waals surface area contributed by atoms with Crippen LogP contribution in [0.4, 0.5) is 15.9 Å². The van der Waals surface area contributed by atoms with Crippen LogP contribution in [-0.2, 0) is 6.42 Å². The fourth-order valence-corrected chi connectivity index (χ4v) is 3.70. The molecule has 150 valence electrons. The monoisotopic (exact) mass is 420 g/mol. The van der Waals surface area contributed by atoms with Gasteiger partial charge in [-0.3, -0.25) is 4.79 Å². The summed E-state index contributed by atoms with van der Waals surface area (Å²) in [5.41, 5.74) is 2.52. The summed E-state index contributed by atoms with van der Waals surface area (Å²) in [4.78, 5) is 25.9. The third kappa shape index (κ3) is 3.59. The molecule has 1 aliphatic rings. The Labute approximate surface area is 177 Å². The van der Waals surface area contributed by atoms with Gasteiger partial charge in [-0.1, -0.05) is 23.7 Å². The van der Waals surface area contributed by atoms with Gasteiger partial charge in [0.25, 0.3) is 0 Å². The maximum atomic E-state index is 13.6. The van der Waals surface area contributed by atoms with E-state index in [4.69, 9.17) is 21.6 Å². The molecular weight excluding hydrogens is 403 g/mol. The van der Waals surface area contributed by atoms with Gasteiger partial charge in [0.05, 0.1) is 10.5 Å². The number of nitrogens with zero attached hydrogens (tertiary/aromatic N) is 3. The number of hydrogen-bond donors (Lipinski definition) is 1. The van der Waals surface area contributed by atoms with E-state index in [1.165, 1.54) is 31.9 Å². The summed E-state index contributed by atoms with van der Waals surface area (Å²) in [6, 6.07) is 9.83. The minimum absolute atomic E-state index is 0.0213. The molecule has 2 aromatic carbocycles. The maximum Gasteiger partial charge on any atom is 0.159 e. The molecular formula is C23H18ClFN4O. The van der Waals surface area contributed by atoms with Crippen molar-refractivity contribution in [1.29, 1.82) is 0 Å². The molecule has 0 aliphatic heterocycles. The van der Waals surface area contributed by atoms with E-state index in [1.807, 2.05) is 12.3 Å². The first-order valence-electron chi connectivity index (χ1n) is 9.80. The van der Waals surface area contributed by atoms with Gasteiger partial charge < -0.3 is 5.32 Å². The highest BCUT2D eigenvalue weighted by Gasteiger charge is 2.23. The number of halogens is 2. The van der Waals surface area contributed by atoms with Crippen molar-refractivity contribution in [3.63, 3.8) is 0 Å². The summed E-state index contributed by atoms with van der Waals surface area (Å²) >= 11 is 5.94. The van der Waals surface area contributed by atoms with Crippen molar-refractivity contribution in [3.8, 4) is 0 Å². The number of rotatable bonds is 5. The Balaban J connectivity index is 1.70. The summed E-state index contributed by atoms with van der Waals surface area (Å²) in [5, 5.41) is 4.95. The number of Topliss-reactive ketones (excluding diaryl/α,β-unsaturated/α-hetero) is 1. The molecule has 7 heteroatoms. The third-order valence-electron chi connectivity index (χ3n) is 5.34. The van der Waals surface area contributed by atoms with E-state index in [2.05, 4.69) is 10.3 Å². The minimum Gasteiger partial charge on any atom is -0.338 e. The van der Waals surface area contributed by atoms with Crippen LogP contribution in [0.3, 0.4) is 0 Å². The van der Waals surface area contributed by atoms with Gasteiger partial charge in [-0.05, 0) is 49.9 Å². The number of ketones is 1. The Bertz CT molecular complexity index is 1320. The van der Waals surface area contributed by atoms with Gasteiger partial charge in [-0.25, -0.2) is 19.3 Å². The van der Waals surface area contributed by atoms with E-state index in [1.54, 1.807) is 18.2 Å². The van der Waals surface area contributed by atoms with E-state index in [0.717, 1.165) is 23.0 Å². The molecule has 0 atom stereocenters. The minimum atomic E-state index is -0.487. The lowest BCUT2D eigenvalue weighted by Crippen LogP contribution is -2.03. The molecule has 30 heavy (non-hydrogen) atoms. The fourth-order valence-electron chi connectivity index (χ4n) is 3.52. The molecule has 1 aliphatic carbocycles. The van der Waals surface area contributed by atoms with Crippen LogP contribution in [0.25, 0.3) is 21.8 Å². The Morgan fingerprint density at radius 3 is 2.73 bits per heavy atom. The molecule has 0 radical (unpaired) electrons. The van der Waals surface area contributed by atoms with Crippen molar-refractivity contribution in [3.05, 3.63) is 64.8 Å². The molecule has 5 nitrogen and oxygen atoms in total. The molecule has 0 spiro atoms. The molecule has 2 heterocycles. The summed E-state index contributed by atoms with van der Waals surface area (Å²) in [6.45, 7) is 1.52. The van der Waals surface area contributed by atoms with Crippen LogP contribution in [0.2, 0.25) is 5.02 Å². The van der Waals surface area contributed by atoms with E-state index in [-0.39, 0.29) is 10.8 Å². The van der Waals surface area contributed by atoms with Crippen LogP contribution < -0.4 is 5.32 Å². The van der Waals surface area contributed by atoms with E-state index in [0.29, 0.717) is 34.0 Å². The summed E-state index contributed by atoms with van der Waals surface area (Å²) in [5.74, 6) is 1.43. The van der Waals surface area contributed by atoms with Crippen molar-refractivity contribution in [2.75, 3.05) is 5.32 Å². The predicted octanol–water partition coefficient (Wildman–Crippen LogP) is 5.87. The van der Waals surface area contributed by atoms with Crippen LogP contribution in [-0.4, -0.2) is 20.7 Å². The predicted molar refractivity (Wildman–Crippen MR) is 116 cm³/mol. The molecule has 1 fully saturated rings. The maximum absolute atomic E-state index is 13.6. The molecule has 0 amide bonds. The Kier molecular flexibility index (Phi) is 4.59. The lowest BCUT2D eigenvalue weighted by Gasteiger charge is -2.13. The number of carbonyl (C=O) groups excluding carboxylic acids is 1. The summed E-state index contributed by atoms with van der Waals surface area (Å²) < 4.78 is 13.6. The second kappa shape index (κ2) is 7.29. The van der Waals surface area contributed by atoms with Gasteiger partial charge in [0.1, 0.15) is 17.2 Å². The van der Waals surface area contributed by atoms with Crippen molar-refractivity contribution < 1.29 is 9.18 Å². The average molecular weight is 421 g/mol. The number of benzene rings is 2. The lowest BCUT2D eigenvalue weighted by atomic mass is 10.1. The van der Waals surface area contributed by atoms with Crippen LogP contribution in [0.15, 0.2) is 42.6 Å². The fraction of sp³-hybridized carbons (Fsp3) is 0.217. The number of hydrogen-bond acceptors (Lipinski definition) is 5. The molecule has 0 saturated heterocycles. The largest absolute Gasteiger partial charge is 0.338 e. The van der Waals surface area contributed by atoms with Crippen LogP contribution >= 0.6 is 11.6 Å². The standard InChI is InChI=1S/C23H18ClFN4O/c1-12(30)14-4-6-16-17-11-26-21(8-13-2-3-13)29-22(17)23(28-20(16)9-14)27-15-5-7-19(25)18(24)10-15/h4-7,9-11,13H,2-3,8H2,1H3,(H,27,28). The lowest BCUT2D eigenvalue weighted by molar-refractivity contribution is 0.101. The molecule has 5 rings (SSSR count). The van der Waals surface area contributed by atoms with Gasteiger partial charge in [0.2, 0.25) is 0 Å². The zero-order valence-corrected chi connectivity index (χ0v) is 17.0. The number of aromatic nitrogens is 3. The number of fused-ring (bicyclic) bond motifs is 3. The molecule has 4 aromatic rings. The van der Waals surface area contributed by atoms with Crippen molar-refractivity contribution in [2.24, 2.45) is 5.92 Å². The van der Waals surface area contributed by atoms with E-state index < -0.39 is 5.82 Å². The normalized spacial score (nSPS) is 13.7. The summed E-state index contributed by atoms with van der Waals surface area (Å²) in [6.07, 6.45) is 5.09. The first-order chi connectivity index (χ1) is 14.5. The van der Waals surface area contributed by atoms with E-state index >= 15 is 0 Å². The SMILES string of the molecule is CC(=O)c1ccc2c(c1)nc(Nc1ccc(F)c(Cl)c1)c1nc(CC3CC3)ncc12. The Morgan fingerprint density at radius 2 is 2.00 bits per heavy atom. The van der Waals surface area contributed by atoms with Gasteiger partial charge in [-0.2, -0.15) is 0 Å².